The van der Waals surface area contributed by atoms with Gasteiger partial charge in [-0.05, 0) is 52.8 Å². The van der Waals surface area contributed by atoms with Gasteiger partial charge in [0.15, 0.2) is 0 Å². The smallest absolute Gasteiger partial charge is 0.222 e. The molecule has 276 valence electrons. The number of aryl methyl sites for hydroxylation is 1. The zero-order chi connectivity index (χ0) is 37.0. The first-order valence-corrected chi connectivity index (χ1v) is 18.7. The second kappa shape index (κ2) is 18.4. The molecular weight excluding hydrogens is 673 g/mol. The molecule has 5 atom stereocenters. The Morgan fingerprint density at radius 3 is 1.54 bits per heavy atom. The minimum absolute atomic E-state index is 0.149. The lowest BCUT2D eigenvalue weighted by Crippen LogP contribution is -2.65. The van der Waals surface area contributed by atoms with Crippen LogP contribution in [0.4, 0.5) is 0 Å². The average molecular weight is 721 g/mol. The highest BCUT2D eigenvalue weighted by molar-refractivity contribution is 5.34. The normalized spacial score (nSPS) is 21.1. The predicted molar refractivity (Wildman–Crippen MR) is 210 cm³/mol. The van der Waals surface area contributed by atoms with Gasteiger partial charge >= 0.3 is 0 Å². The summed E-state index contributed by atoms with van der Waals surface area (Å²) in [6.45, 7) is 3.43. The molecule has 1 aliphatic rings. The Bertz CT molecular complexity index is 1990. The zero-order valence-corrected chi connectivity index (χ0v) is 30.7. The van der Waals surface area contributed by atoms with Gasteiger partial charge in [0.25, 0.3) is 0 Å². The van der Waals surface area contributed by atoms with Crippen LogP contribution in [0.25, 0.3) is 0 Å². The van der Waals surface area contributed by atoms with Crippen molar-refractivity contribution in [3.63, 3.8) is 0 Å². The van der Waals surface area contributed by atoms with Crippen LogP contribution in [0.1, 0.15) is 44.5 Å². The van der Waals surface area contributed by atoms with Crippen LogP contribution in [0.2, 0.25) is 0 Å². The molecule has 0 aliphatic carbocycles. The van der Waals surface area contributed by atoms with Crippen molar-refractivity contribution >= 4 is 0 Å². The molecule has 7 rings (SSSR count). The molecular formula is C48H48O6. The SMILES string of the molecule is Cc1ccc(Cc2cccc(C3(O)O[C@H](COCc4ccccc4)C(OCc4ccccc4)[C@H](OCc4ccccc4)[C@H]3OCc3ccccc3)c2)cc1. The summed E-state index contributed by atoms with van der Waals surface area (Å²) in [5.74, 6) is -1.92. The van der Waals surface area contributed by atoms with Crippen molar-refractivity contribution in [2.75, 3.05) is 6.61 Å². The predicted octanol–water partition coefficient (Wildman–Crippen LogP) is 9.10. The van der Waals surface area contributed by atoms with Crippen molar-refractivity contribution < 1.29 is 28.8 Å². The highest BCUT2D eigenvalue weighted by Crippen LogP contribution is 2.42. The lowest BCUT2D eigenvalue weighted by Gasteiger charge is -2.50. The summed E-state index contributed by atoms with van der Waals surface area (Å²) < 4.78 is 33.7. The van der Waals surface area contributed by atoms with Crippen molar-refractivity contribution in [1.29, 1.82) is 0 Å². The maximum Gasteiger partial charge on any atom is 0.222 e. The quantitative estimate of drug-likeness (QED) is 0.108. The van der Waals surface area contributed by atoms with Crippen molar-refractivity contribution in [3.8, 4) is 0 Å². The van der Waals surface area contributed by atoms with E-state index in [1.54, 1.807) is 0 Å². The summed E-state index contributed by atoms with van der Waals surface area (Å²) in [5, 5.41) is 13.1. The molecule has 6 nitrogen and oxygen atoms in total. The van der Waals surface area contributed by atoms with Gasteiger partial charge in [0.2, 0.25) is 5.79 Å². The molecule has 6 heteroatoms. The van der Waals surface area contributed by atoms with Gasteiger partial charge in [-0.2, -0.15) is 0 Å². The first-order valence-electron chi connectivity index (χ1n) is 18.7. The molecule has 0 spiro atoms. The van der Waals surface area contributed by atoms with E-state index in [1.807, 2.05) is 140 Å². The molecule has 54 heavy (non-hydrogen) atoms. The van der Waals surface area contributed by atoms with E-state index in [0.717, 1.165) is 27.8 Å². The summed E-state index contributed by atoms with van der Waals surface area (Å²) in [6, 6.07) is 56.5. The summed E-state index contributed by atoms with van der Waals surface area (Å²) in [4.78, 5) is 0. The van der Waals surface area contributed by atoms with Crippen molar-refractivity contribution in [2.24, 2.45) is 0 Å². The molecule has 1 aliphatic heterocycles. The van der Waals surface area contributed by atoms with Gasteiger partial charge in [-0.25, -0.2) is 0 Å². The zero-order valence-electron chi connectivity index (χ0n) is 30.7. The monoisotopic (exact) mass is 720 g/mol. The number of aliphatic hydroxyl groups is 1. The Morgan fingerprint density at radius 2 is 0.981 bits per heavy atom. The molecule has 0 saturated carbocycles. The standard InChI is InChI=1S/C48H48O6/c1-36-25-27-37(28-26-36)29-42-23-14-24-43(30-42)48(49)47(53-34-41-21-12-5-13-22-41)46(52-33-40-19-10-4-11-20-40)45(51-32-39-17-8-3-9-18-39)44(54-48)35-50-31-38-15-6-2-7-16-38/h2-28,30,44-47,49H,29,31-35H2,1H3/t44-,45?,46+,47-,48?/m1/s1. The molecule has 0 amide bonds. The molecule has 1 heterocycles. The highest BCUT2D eigenvalue weighted by atomic mass is 16.7. The summed E-state index contributed by atoms with van der Waals surface area (Å²) in [6.07, 6.45) is -2.44. The number of hydrogen-bond donors (Lipinski definition) is 1. The fourth-order valence-electron chi connectivity index (χ4n) is 6.93. The molecule has 1 saturated heterocycles. The molecule has 6 aromatic carbocycles. The first kappa shape index (κ1) is 37.4. The Kier molecular flexibility index (Phi) is 12.8. The van der Waals surface area contributed by atoms with E-state index in [2.05, 4.69) is 37.3 Å². The number of benzene rings is 6. The van der Waals surface area contributed by atoms with Crippen molar-refractivity contribution in [1.82, 2.24) is 0 Å². The second-order valence-electron chi connectivity index (χ2n) is 14.0. The molecule has 0 aromatic heterocycles. The average Bonchev–Trinajstić information content (AvgIpc) is 3.22. The molecule has 2 unspecified atom stereocenters. The van der Waals surface area contributed by atoms with Gasteiger partial charge in [-0.3, -0.25) is 0 Å². The van der Waals surface area contributed by atoms with Crippen LogP contribution in [0, 0.1) is 6.92 Å². The number of hydrogen-bond acceptors (Lipinski definition) is 6. The van der Waals surface area contributed by atoms with Crippen molar-refractivity contribution in [2.45, 2.75) is 70.0 Å². The summed E-state index contributed by atoms with van der Waals surface area (Å²) in [7, 11) is 0. The van der Waals surface area contributed by atoms with E-state index >= 15 is 0 Å². The summed E-state index contributed by atoms with van der Waals surface area (Å²) in [5.41, 5.74) is 8.01. The third-order valence-corrected chi connectivity index (χ3v) is 9.81. The van der Waals surface area contributed by atoms with Crippen molar-refractivity contribution in [3.05, 3.63) is 214 Å². The van der Waals surface area contributed by atoms with Crippen LogP contribution >= 0.6 is 0 Å². The van der Waals surface area contributed by atoms with E-state index < -0.39 is 30.2 Å². The minimum atomic E-state index is -1.92. The first-order chi connectivity index (χ1) is 26.5. The van der Waals surface area contributed by atoms with Gasteiger partial charge in [-0.1, -0.05) is 169 Å². The fraction of sp³-hybridized carbons (Fsp3) is 0.250. The van der Waals surface area contributed by atoms with Crippen LogP contribution in [0.3, 0.4) is 0 Å². The van der Waals surface area contributed by atoms with Crippen LogP contribution < -0.4 is 0 Å². The number of ether oxygens (including phenoxy) is 5. The number of rotatable bonds is 16. The highest BCUT2D eigenvalue weighted by Gasteiger charge is 2.57. The van der Waals surface area contributed by atoms with Gasteiger partial charge in [0.05, 0.1) is 33.0 Å². The molecule has 6 aromatic rings. The second-order valence-corrected chi connectivity index (χ2v) is 14.0. The Morgan fingerprint density at radius 1 is 0.500 bits per heavy atom. The van der Waals surface area contributed by atoms with E-state index in [4.69, 9.17) is 23.7 Å². The largest absolute Gasteiger partial charge is 0.374 e. The Labute approximate surface area is 318 Å². The van der Waals surface area contributed by atoms with E-state index in [9.17, 15) is 5.11 Å². The Balaban J connectivity index is 1.27. The molecule has 1 N–H and O–H groups in total. The van der Waals surface area contributed by atoms with Crippen LogP contribution in [-0.2, 0) is 62.3 Å². The summed E-state index contributed by atoms with van der Waals surface area (Å²) >= 11 is 0. The molecule has 0 radical (unpaired) electrons. The van der Waals surface area contributed by atoms with Crippen LogP contribution in [0.5, 0.6) is 0 Å². The van der Waals surface area contributed by atoms with Gasteiger partial charge in [0.1, 0.15) is 24.4 Å². The van der Waals surface area contributed by atoms with Gasteiger partial charge in [-0.15, -0.1) is 0 Å². The minimum Gasteiger partial charge on any atom is -0.374 e. The van der Waals surface area contributed by atoms with Crippen LogP contribution in [-0.4, -0.2) is 36.1 Å². The van der Waals surface area contributed by atoms with Gasteiger partial charge in [0, 0.05) is 5.56 Å². The lowest BCUT2D eigenvalue weighted by molar-refractivity contribution is -0.378. The lowest BCUT2D eigenvalue weighted by atomic mass is 9.86. The maximum absolute atomic E-state index is 13.1. The third kappa shape index (κ3) is 9.78. The Hall–Kier alpha value is -4.92. The van der Waals surface area contributed by atoms with Gasteiger partial charge < -0.3 is 28.8 Å². The third-order valence-electron chi connectivity index (χ3n) is 9.81. The molecule has 0 bridgehead atoms. The van der Waals surface area contributed by atoms with E-state index in [-0.39, 0.29) is 19.8 Å². The fourth-order valence-corrected chi connectivity index (χ4v) is 6.93. The van der Waals surface area contributed by atoms with E-state index in [0.29, 0.717) is 25.2 Å². The maximum atomic E-state index is 13.1. The van der Waals surface area contributed by atoms with E-state index in [1.165, 1.54) is 11.1 Å². The molecule has 1 fully saturated rings. The topological polar surface area (TPSA) is 66.4 Å². The van der Waals surface area contributed by atoms with Crippen LogP contribution in [0.15, 0.2) is 170 Å².